The normalized spacial score (nSPS) is 23.2. The van der Waals surface area contributed by atoms with Gasteiger partial charge in [-0.25, -0.2) is 19.4 Å². The molecule has 4 aliphatic rings. The molecule has 1 aliphatic carbocycles. The molecule has 5 heterocycles. The fraction of sp³-hybridized carbons (Fsp3) is 0.438. The average Bonchev–Trinajstić information content (AvgIpc) is 3.76. The van der Waals surface area contributed by atoms with E-state index in [1.54, 1.807) is 0 Å². The van der Waals surface area contributed by atoms with Gasteiger partial charge in [-0.05, 0) is 62.1 Å². The van der Waals surface area contributed by atoms with E-state index in [1.165, 1.54) is 0 Å². The number of fused-ring (bicyclic) bond motifs is 3. The maximum atomic E-state index is 12.5. The highest BCUT2D eigenvalue weighted by atomic mass is 16.7. The summed E-state index contributed by atoms with van der Waals surface area (Å²) in [5, 5.41) is 11.6. The number of nitrogens with one attached hydrogen (secondary N) is 2. The van der Waals surface area contributed by atoms with Gasteiger partial charge in [-0.3, -0.25) is 0 Å². The predicted octanol–water partition coefficient (Wildman–Crippen LogP) is 5.36. The summed E-state index contributed by atoms with van der Waals surface area (Å²) in [5.41, 5.74) is 3.13. The van der Waals surface area contributed by atoms with E-state index in [4.69, 9.17) is 29.3 Å². The molecule has 4 aromatic rings. The van der Waals surface area contributed by atoms with E-state index >= 15 is 0 Å². The molecule has 3 saturated heterocycles. The Hall–Kier alpha value is -4.06. The van der Waals surface area contributed by atoms with Crippen LogP contribution in [0.5, 0.6) is 0 Å². The number of aromatic nitrogens is 4. The third-order valence-corrected chi connectivity index (χ3v) is 9.09. The molecule has 3 aliphatic heterocycles. The molecule has 8 rings (SSSR count). The molecule has 11 nitrogen and oxygen atoms in total. The second-order valence-electron chi connectivity index (χ2n) is 11.9. The number of hydrogen-bond donors (Lipinski definition) is 2. The Morgan fingerprint density at radius 1 is 0.837 bits per heavy atom. The number of carbonyl (C=O) groups is 1. The van der Waals surface area contributed by atoms with Crippen LogP contribution in [0.3, 0.4) is 0 Å². The Bertz CT molecular complexity index is 1600. The van der Waals surface area contributed by atoms with E-state index in [2.05, 4.69) is 20.2 Å². The highest BCUT2D eigenvalue weighted by Gasteiger charge is 2.41. The van der Waals surface area contributed by atoms with Gasteiger partial charge >= 0.3 is 6.03 Å². The molecular weight excluding hydrogens is 546 g/mol. The van der Waals surface area contributed by atoms with Gasteiger partial charge in [0.05, 0.1) is 43.0 Å². The summed E-state index contributed by atoms with van der Waals surface area (Å²) in [6.45, 7) is 2.96. The van der Waals surface area contributed by atoms with Crippen LogP contribution in [0.25, 0.3) is 22.4 Å². The van der Waals surface area contributed by atoms with Gasteiger partial charge in [0.2, 0.25) is 0 Å². The summed E-state index contributed by atoms with van der Waals surface area (Å²) in [4.78, 5) is 25.1. The third-order valence-electron chi connectivity index (χ3n) is 9.09. The first-order chi connectivity index (χ1) is 21.1. The van der Waals surface area contributed by atoms with E-state index < -0.39 is 5.79 Å². The lowest BCUT2D eigenvalue weighted by molar-refractivity contribution is -0.181. The third kappa shape index (κ3) is 5.21. The highest BCUT2D eigenvalue weighted by molar-refractivity contribution is 5.99. The number of benzene rings is 2. The lowest BCUT2D eigenvalue weighted by atomic mass is 9.90. The van der Waals surface area contributed by atoms with Crippen LogP contribution in [0.2, 0.25) is 0 Å². The van der Waals surface area contributed by atoms with Crippen molar-refractivity contribution in [1.82, 2.24) is 19.7 Å². The quantitative estimate of drug-likeness (QED) is 0.324. The summed E-state index contributed by atoms with van der Waals surface area (Å²) in [6, 6.07) is 16.9. The number of carbonyl (C=O) groups excluding carboxylic acids is 1. The fourth-order valence-corrected chi connectivity index (χ4v) is 6.93. The molecule has 2 N–H and O–H groups in total. The van der Waals surface area contributed by atoms with E-state index in [9.17, 15) is 4.79 Å². The molecule has 1 saturated carbocycles. The molecular formula is C32H35N7O4. The van der Waals surface area contributed by atoms with Gasteiger partial charge in [-0.1, -0.05) is 18.2 Å². The lowest BCUT2D eigenvalue weighted by Crippen LogP contribution is -2.43. The summed E-state index contributed by atoms with van der Waals surface area (Å²) in [6.07, 6.45) is 8.09. The number of amides is 2. The van der Waals surface area contributed by atoms with Gasteiger partial charge in [0.1, 0.15) is 5.82 Å². The zero-order chi connectivity index (χ0) is 28.8. The number of para-hydroxylation sites is 1. The molecule has 1 spiro atoms. The Kier molecular flexibility index (Phi) is 6.73. The van der Waals surface area contributed by atoms with Crippen molar-refractivity contribution < 1.29 is 19.0 Å². The first kappa shape index (κ1) is 26.6. The van der Waals surface area contributed by atoms with Crippen molar-refractivity contribution >= 4 is 34.3 Å². The first-order valence-corrected chi connectivity index (χ1v) is 15.3. The van der Waals surface area contributed by atoms with Crippen LogP contribution < -0.4 is 15.5 Å². The number of urea groups is 1. The molecule has 43 heavy (non-hydrogen) atoms. The predicted molar refractivity (Wildman–Crippen MR) is 162 cm³/mol. The summed E-state index contributed by atoms with van der Waals surface area (Å²) in [7, 11) is 0. The van der Waals surface area contributed by atoms with Crippen molar-refractivity contribution in [2.24, 2.45) is 0 Å². The van der Waals surface area contributed by atoms with Crippen LogP contribution in [0, 0.1) is 0 Å². The van der Waals surface area contributed by atoms with Crippen LogP contribution in [0.4, 0.5) is 22.0 Å². The Morgan fingerprint density at radius 2 is 1.51 bits per heavy atom. The molecule has 2 aromatic heterocycles. The summed E-state index contributed by atoms with van der Waals surface area (Å²) >= 11 is 0. The number of nitrogens with zero attached hydrogens (tertiary/aromatic N) is 5. The van der Waals surface area contributed by atoms with Gasteiger partial charge in [0.15, 0.2) is 17.3 Å². The molecule has 2 atom stereocenters. The van der Waals surface area contributed by atoms with Crippen molar-refractivity contribution in [3.05, 3.63) is 60.8 Å². The second kappa shape index (κ2) is 10.9. The van der Waals surface area contributed by atoms with E-state index in [1.807, 2.05) is 60.8 Å². The van der Waals surface area contributed by atoms with Crippen LogP contribution in [-0.2, 0) is 14.2 Å². The summed E-state index contributed by atoms with van der Waals surface area (Å²) in [5.74, 6) is 1.12. The lowest BCUT2D eigenvalue weighted by Gasteiger charge is -2.35. The van der Waals surface area contributed by atoms with Crippen LogP contribution in [0.15, 0.2) is 60.8 Å². The largest absolute Gasteiger partial charge is 0.371 e. The van der Waals surface area contributed by atoms with Crippen LogP contribution >= 0.6 is 0 Å². The highest BCUT2D eigenvalue weighted by Crippen LogP contribution is 2.42. The van der Waals surface area contributed by atoms with E-state index in [0.717, 1.165) is 79.7 Å². The van der Waals surface area contributed by atoms with Crippen molar-refractivity contribution in [2.75, 3.05) is 41.8 Å². The second-order valence-corrected chi connectivity index (χ2v) is 11.9. The number of morpholine rings is 1. The van der Waals surface area contributed by atoms with Crippen LogP contribution in [0.1, 0.15) is 44.6 Å². The Labute approximate surface area is 249 Å². The van der Waals surface area contributed by atoms with Crippen molar-refractivity contribution in [1.29, 1.82) is 0 Å². The molecule has 11 heteroatoms. The minimum atomic E-state index is -0.425. The summed E-state index contributed by atoms with van der Waals surface area (Å²) < 4.78 is 20.2. The number of hydrogen-bond acceptors (Lipinski definition) is 8. The smallest absolute Gasteiger partial charge is 0.323 e. The van der Waals surface area contributed by atoms with Crippen molar-refractivity contribution in [3.8, 4) is 11.4 Å². The number of rotatable bonds is 5. The molecule has 222 valence electrons. The Balaban J connectivity index is 1.09. The van der Waals surface area contributed by atoms with Gasteiger partial charge in [-0.2, -0.15) is 5.10 Å². The SMILES string of the molecule is O=C(Nc1ccccc1)Nc1ccc(-c2nc(N3CC4CCC(C3)O4)c3cnn(C4CCC5(CC4)OCCO5)c3n2)cc1. The zero-order valence-electron chi connectivity index (χ0n) is 23.9. The topological polar surface area (TPSA) is 116 Å². The molecule has 2 unspecified atom stereocenters. The van der Waals surface area contributed by atoms with Crippen LogP contribution in [-0.4, -0.2) is 70.1 Å². The van der Waals surface area contributed by atoms with E-state index in [0.29, 0.717) is 24.7 Å². The fourth-order valence-electron chi connectivity index (χ4n) is 6.93. The molecule has 2 aromatic carbocycles. The van der Waals surface area contributed by atoms with E-state index in [-0.39, 0.29) is 24.3 Å². The minimum absolute atomic E-state index is 0.210. The minimum Gasteiger partial charge on any atom is -0.371 e. The maximum Gasteiger partial charge on any atom is 0.323 e. The van der Waals surface area contributed by atoms with Gasteiger partial charge < -0.3 is 29.7 Å². The van der Waals surface area contributed by atoms with Gasteiger partial charge in [-0.15, -0.1) is 0 Å². The van der Waals surface area contributed by atoms with Gasteiger partial charge in [0.25, 0.3) is 0 Å². The van der Waals surface area contributed by atoms with Crippen molar-refractivity contribution in [2.45, 2.75) is 62.6 Å². The number of anilines is 3. The average molecular weight is 582 g/mol. The Morgan fingerprint density at radius 3 is 2.21 bits per heavy atom. The van der Waals surface area contributed by atoms with Gasteiger partial charge in [0, 0.05) is 42.9 Å². The van der Waals surface area contributed by atoms with Crippen molar-refractivity contribution in [3.63, 3.8) is 0 Å². The molecule has 2 bridgehead atoms. The zero-order valence-corrected chi connectivity index (χ0v) is 23.9. The monoisotopic (exact) mass is 581 g/mol. The maximum absolute atomic E-state index is 12.5. The number of ether oxygens (including phenoxy) is 3. The molecule has 0 radical (unpaired) electrons. The standard InChI is InChI=1S/C32H35N7O4/c40-31(34-22-4-2-1-3-5-22)35-23-8-6-21(7-9-23)28-36-29(38-19-25-10-11-26(20-38)43-25)27-18-33-39(30(27)37-28)24-12-14-32(15-13-24)41-16-17-42-32/h1-9,18,24-26H,10-17,19-20H2,(H2,34,35,40). The molecule has 4 fully saturated rings. The first-order valence-electron chi connectivity index (χ1n) is 15.3. The molecule has 2 amide bonds.